The van der Waals surface area contributed by atoms with E-state index in [4.69, 9.17) is 0 Å². The Kier molecular flexibility index (Phi) is 2.29. The van der Waals surface area contributed by atoms with Gasteiger partial charge in [0, 0.05) is 6.04 Å². The summed E-state index contributed by atoms with van der Waals surface area (Å²) in [5.74, 6) is 0. The molecule has 0 fully saturated rings. The Morgan fingerprint density at radius 2 is 2.56 bits per heavy atom. The highest BCUT2D eigenvalue weighted by Gasteiger charge is 2.08. The van der Waals surface area contributed by atoms with Crippen molar-refractivity contribution in [3.8, 4) is 0 Å². The van der Waals surface area contributed by atoms with Crippen molar-refractivity contribution < 1.29 is 0 Å². The highest BCUT2D eigenvalue weighted by molar-refractivity contribution is 5.11. The first kappa shape index (κ1) is 6.81. The van der Waals surface area contributed by atoms with Crippen molar-refractivity contribution in [2.45, 2.75) is 32.7 Å². The first-order valence-corrected chi connectivity index (χ1v) is 3.77. The third-order valence-corrected chi connectivity index (χ3v) is 1.97. The molecule has 1 rings (SSSR count). The van der Waals surface area contributed by atoms with Crippen molar-refractivity contribution in [3.63, 3.8) is 0 Å². The second kappa shape index (κ2) is 3.02. The molecule has 1 aliphatic heterocycles. The molecular weight excluding hydrogens is 110 g/mol. The largest absolute Gasteiger partial charge is 0.310 e. The first-order chi connectivity index (χ1) is 4.34. The lowest BCUT2D eigenvalue weighted by Crippen LogP contribution is -2.31. The van der Waals surface area contributed by atoms with Crippen molar-refractivity contribution in [1.82, 2.24) is 5.32 Å². The van der Waals surface area contributed by atoms with Crippen LogP contribution in [-0.2, 0) is 0 Å². The summed E-state index contributed by atoms with van der Waals surface area (Å²) in [6, 6.07) is 0.628. The smallest absolute Gasteiger partial charge is 0.0251 e. The molecule has 1 nitrogen and oxygen atoms in total. The third-order valence-electron chi connectivity index (χ3n) is 1.97. The second-order valence-electron chi connectivity index (χ2n) is 2.60. The highest BCUT2D eigenvalue weighted by Crippen LogP contribution is 2.11. The van der Waals surface area contributed by atoms with E-state index in [-0.39, 0.29) is 0 Å². The van der Waals surface area contributed by atoms with Gasteiger partial charge in [0.25, 0.3) is 0 Å². The van der Waals surface area contributed by atoms with Gasteiger partial charge in [0.15, 0.2) is 0 Å². The van der Waals surface area contributed by atoms with Gasteiger partial charge in [-0.15, -0.1) is 0 Å². The van der Waals surface area contributed by atoms with Crippen molar-refractivity contribution in [1.29, 1.82) is 0 Å². The predicted molar refractivity (Wildman–Crippen MR) is 40.5 cm³/mol. The molecule has 1 atom stereocenters. The zero-order valence-corrected chi connectivity index (χ0v) is 6.28. The van der Waals surface area contributed by atoms with E-state index >= 15 is 0 Å². The first-order valence-electron chi connectivity index (χ1n) is 3.77. The molecule has 0 radical (unpaired) electrons. The summed E-state index contributed by atoms with van der Waals surface area (Å²) in [6.07, 6.45) is 4.78. The van der Waals surface area contributed by atoms with Crippen LogP contribution in [0.5, 0.6) is 0 Å². The molecule has 0 bridgehead atoms. The van der Waals surface area contributed by atoms with Gasteiger partial charge in [0.2, 0.25) is 0 Å². The fourth-order valence-electron chi connectivity index (χ4n) is 1.32. The zero-order valence-electron chi connectivity index (χ0n) is 6.28. The molecule has 9 heavy (non-hydrogen) atoms. The Bertz CT molecular complexity index is 116. The van der Waals surface area contributed by atoms with Crippen LogP contribution in [-0.4, -0.2) is 12.6 Å². The summed E-state index contributed by atoms with van der Waals surface area (Å²) in [6.45, 7) is 5.61. The minimum Gasteiger partial charge on any atom is -0.310 e. The maximum absolute atomic E-state index is 3.41. The van der Waals surface area contributed by atoms with E-state index in [2.05, 4.69) is 25.2 Å². The number of nitrogens with one attached hydrogen (secondary N) is 1. The van der Waals surface area contributed by atoms with Crippen LogP contribution >= 0.6 is 0 Å². The molecule has 0 aromatic heterocycles. The van der Waals surface area contributed by atoms with Crippen LogP contribution in [0.3, 0.4) is 0 Å². The minimum atomic E-state index is 0.628. The van der Waals surface area contributed by atoms with Crippen molar-refractivity contribution in [2.75, 3.05) is 6.54 Å². The van der Waals surface area contributed by atoms with E-state index in [0.29, 0.717) is 6.04 Å². The molecule has 0 aromatic rings. The van der Waals surface area contributed by atoms with Gasteiger partial charge in [-0.3, -0.25) is 0 Å². The average Bonchev–Trinajstić information content (AvgIpc) is 1.89. The van der Waals surface area contributed by atoms with Gasteiger partial charge < -0.3 is 5.32 Å². The lowest BCUT2D eigenvalue weighted by Gasteiger charge is -2.20. The Hall–Kier alpha value is -0.300. The fourth-order valence-corrected chi connectivity index (χ4v) is 1.32. The maximum Gasteiger partial charge on any atom is 0.0251 e. The van der Waals surface area contributed by atoms with Crippen LogP contribution in [0.2, 0.25) is 0 Å². The molecule has 0 aromatic carbocycles. The molecule has 1 N–H and O–H groups in total. The molecule has 0 aliphatic carbocycles. The van der Waals surface area contributed by atoms with Crippen LogP contribution in [0.4, 0.5) is 0 Å². The van der Waals surface area contributed by atoms with Gasteiger partial charge in [-0.2, -0.15) is 0 Å². The predicted octanol–water partition coefficient (Wildman–Crippen LogP) is 1.70. The van der Waals surface area contributed by atoms with Gasteiger partial charge in [-0.1, -0.05) is 18.6 Å². The third kappa shape index (κ3) is 1.55. The fraction of sp³-hybridized carbons (Fsp3) is 0.750. The average molecular weight is 125 g/mol. The number of rotatable bonds is 1. The molecule has 0 spiro atoms. The topological polar surface area (TPSA) is 12.0 Å². The van der Waals surface area contributed by atoms with Crippen molar-refractivity contribution in [3.05, 3.63) is 11.6 Å². The SMILES string of the molecule is CCC1=CCCNC1C. The van der Waals surface area contributed by atoms with Gasteiger partial charge in [-0.05, 0) is 26.3 Å². The van der Waals surface area contributed by atoms with E-state index < -0.39 is 0 Å². The van der Waals surface area contributed by atoms with E-state index in [0.717, 1.165) is 6.54 Å². The number of hydrogen-bond acceptors (Lipinski definition) is 1. The molecule has 1 unspecified atom stereocenters. The van der Waals surface area contributed by atoms with Gasteiger partial charge in [0.1, 0.15) is 0 Å². The molecule has 0 saturated heterocycles. The van der Waals surface area contributed by atoms with E-state index in [1.165, 1.54) is 12.8 Å². The van der Waals surface area contributed by atoms with Crippen LogP contribution in [0, 0.1) is 0 Å². The van der Waals surface area contributed by atoms with Crippen LogP contribution in [0.15, 0.2) is 11.6 Å². The molecule has 1 aliphatic rings. The van der Waals surface area contributed by atoms with Crippen LogP contribution in [0.1, 0.15) is 26.7 Å². The van der Waals surface area contributed by atoms with Crippen molar-refractivity contribution >= 4 is 0 Å². The van der Waals surface area contributed by atoms with Crippen LogP contribution in [0.25, 0.3) is 0 Å². The zero-order chi connectivity index (χ0) is 6.69. The standard InChI is InChI=1S/C8H15N/c1-3-8-5-4-6-9-7(8)2/h5,7,9H,3-4,6H2,1-2H3. The lowest BCUT2D eigenvalue weighted by molar-refractivity contribution is 0.571. The van der Waals surface area contributed by atoms with Crippen molar-refractivity contribution in [2.24, 2.45) is 0 Å². The summed E-state index contributed by atoms with van der Waals surface area (Å²) in [5.41, 5.74) is 1.57. The van der Waals surface area contributed by atoms with E-state index in [9.17, 15) is 0 Å². The van der Waals surface area contributed by atoms with Crippen LogP contribution < -0.4 is 5.32 Å². The lowest BCUT2D eigenvalue weighted by atomic mass is 10.0. The van der Waals surface area contributed by atoms with E-state index in [1.54, 1.807) is 5.57 Å². The Balaban J connectivity index is 2.53. The summed E-state index contributed by atoms with van der Waals surface area (Å²) < 4.78 is 0. The molecule has 0 saturated carbocycles. The molecule has 1 heterocycles. The molecular formula is C8H15N. The van der Waals surface area contributed by atoms with Gasteiger partial charge >= 0.3 is 0 Å². The quantitative estimate of drug-likeness (QED) is 0.526. The van der Waals surface area contributed by atoms with E-state index in [1.807, 2.05) is 0 Å². The maximum atomic E-state index is 3.41. The Morgan fingerprint density at radius 3 is 3.00 bits per heavy atom. The molecule has 52 valence electrons. The Morgan fingerprint density at radius 1 is 1.78 bits per heavy atom. The molecule has 1 heteroatoms. The molecule has 0 amide bonds. The summed E-state index contributed by atoms with van der Waals surface area (Å²) in [4.78, 5) is 0. The second-order valence-corrected chi connectivity index (χ2v) is 2.60. The highest BCUT2D eigenvalue weighted by atomic mass is 14.9. The summed E-state index contributed by atoms with van der Waals surface area (Å²) >= 11 is 0. The Labute approximate surface area is 57.1 Å². The van der Waals surface area contributed by atoms with Gasteiger partial charge in [-0.25, -0.2) is 0 Å². The normalized spacial score (nSPS) is 27.8. The monoisotopic (exact) mass is 125 g/mol. The number of hydrogen-bond donors (Lipinski definition) is 1. The van der Waals surface area contributed by atoms with Gasteiger partial charge in [0.05, 0.1) is 0 Å². The summed E-state index contributed by atoms with van der Waals surface area (Å²) in [5, 5.41) is 3.41. The minimum absolute atomic E-state index is 0.628. The summed E-state index contributed by atoms with van der Waals surface area (Å²) in [7, 11) is 0.